The molecule has 2 N–H and O–H groups in total. The molecule has 1 aliphatic rings. The van der Waals surface area contributed by atoms with E-state index >= 15 is 0 Å². The summed E-state index contributed by atoms with van der Waals surface area (Å²) in [6.07, 6.45) is 0.842. The van der Waals surface area contributed by atoms with Gasteiger partial charge in [0.25, 0.3) is 11.5 Å². The van der Waals surface area contributed by atoms with E-state index in [1.807, 2.05) is 11.8 Å². The monoisotopic (exact) mass is 414 g/mol. The number of ether oxygens (including phenoxy) is 1. The molecule has 1 aliphatic heterocycles. The summed E-state index contributed by atoms with van der Waals surface area (Å²) in [7, 11) is 0. The van der Waals surface area contributed by atoms with Crippen LogP contribution in [0.5, 0.6) is 5.75 Å². The van der Waals surface area contributed by atoms with Crippen molar-refractivity contribution in [2.45, 2.75) is 27.2 Å². The van der Waals surface area contributed by atoms with E-state index in [2.05, 4.69) is 14.9 Å². The first-order valence-electron chi connectivity index (χ1n) is 10.4. The Bertz CT molecular complexity index is 949. The lowest BCUT2D eigenvalue weighted by atomic mass is 10.1. The number of carbonyl (C=O) groups is 1. The smallest absolute Gasteiger partial charge is 0.254 e. The van der Waals surface area contributed by atoms with Crippen LogP contribution in [-0.4, -0.2) is 76.7 Å². The van der Waals surface area contributed by atoms with Crippen molar-refractivity contribution < 1.29 is 14.6 Å². The number of aromatic nitrogens is 2. The summed E-state index contributed by atoms with van der Waals surface area (Å²) in [5.74, 6) is 0.928. The molecule has 1 aromatic heterocycles. The van der Waals surface area contributed by atoms with Crippen molar-refractivity contribution in [2.24, 2.45) is 0 Å². The Morgan fingerprint density at radius 1 is 1.23 bits per heavy atom. The van der Waals surface area contributed by atoms with Gasteiger partial charge in [0.05, 0.1) is 18.8 Å². The lowest BCUT2D eigenvalue weighted by Crippen LogP contribution is -2.49. The van der Waals surface area contributed by atoms with E-state index in [4.69, 9.17) is 9.84 Å². The van der Waals surface area contributed by atoms with Gasteiger partial charge in [0.2, 0.25) is 0 Å². The molecule has 1 fully saturated rings. The van der Waals surface area contributed by atoms with Gasteiger partial charge < -0.3 is 19.7 Å². The van der Waals surface area contributed by atoms with Gasteiger partial charge in [0.15, 0.2) is 0 Å². The number of nitrogens with zero attached hydrogens (tertiary/aromatic N) is 3. The molecule has 0 atom stereocenters. The van der Waals surface area contributed by atoms with Crippen LogP contribution in [0.4, 0.5) is 0 Å². The molecule has 8 nitrogen and oxygen atoms in total. The van der Waals surface area contributed by atoms with E-state index in [-0.39, 0.29) is 18.1 Å². The zero-order valence-corrected chi connectivity index (χ0v) is 17.9. The number of aliphatic hydroxyl groups is 1. The van der Waals surface area contributed by atoms with Gasteiger partial charge in [-0.05, 0) is 38.5 Å². The van der Waals surface area contributed by atoms with E-state index in [0.29, 0.717) is 60.2 Å². The van der Waals surface area contributed by atoms with E-state index in [1.54, 1.807) is 32.0 Å². The molecule has 0 saturated carbocycles. The number of nitrogens with one attached hydrogen (secondary N) is 1. The Hall–Kier alpha value is -2.71. The van der Waals surface area contributed by atoms with Crippen molar-refractivity contribution >= 4 is 5.91 Å². The number of benzene rings is 1. The van der Waals surface area contributed by atoms with Gasteiger partial charge >= 0.3 is 0 Å². The topological polar surface area (TPSA) is 98.8 Å². The van der Waals surface area contributed by atoms with Crippen LogP contribution < -0.4 is 10.3 Å². The highest BCUT2D eigenvalue weighted by Crippen LogP contribution is 2.29. The normalized spacial score (nSPS) is 14.7. The van der Waals surface area contributed by atoms with Crippen LogP contribution in [0, 0.1) is 13.8 Å². The Morgan fingerprint density at radius 2 is 1.97 bits per heavy atom. The molecule has 0 bridgehead atoms. The number of amides is 1. The summed E-state index contributed by atoms with van der Waals surface area (Å²) in [5.41, 5.74) is 2.16. The summed E-state index contributed by atoms with van der Waals surface area (Å²) in [6.45, 7) is 9.52. The number of aryl methyl sites for hydroxylation is 1. The fourth-order valence-corrected chi connectivity index (χ4v) is 3.46. The number of hydrogen-bond donors (Lipinski definition) is 2. The molecule has 2 heterocycles. The van der Waals surface area contributed by atoms with Crippen LogP contribution in [0.25, 0.3) is 11.4 Å². The van der Waals surface area contributed by atoms with Crippen molar-refractivity contribution in [2.75, 3.05) is 45.9 Å². The Balaban J connectivity index is 1.91. The number of aromatic amines is 1. The second kappa shape index (κ2) is 9.86. The summed E-state index contributed by atoms with van der Waals surface area (Å²) in [6, 6.07) is 5.28. The first kappa shape index (κ1) is 22.0. The molecule has 8 heteroatoms. The second-order valence-electron chi connectivity index (χ2n) is 7.54. The first-order valence-corrected chi connectivity index (χ1v) is 10.4. The molecule has 0 aliphatic carbocycles. The standard InChI is InChI=1S/C22H30N4O4/c1-4-13-30-19-6-5-17(22(29)26-9-7-25(8-10-26)11-12-27)14-18(19)20-23-16(3)15(2)21(28)24-20/h5-6,14,27H,4,7-13H2,1-3H3,(H,23,24,28). The molecule has 0 spiro atoms. The van der Waals surface area contributed by atoms with Crippen LogP contribution in [-0.2, 0) is 0 Å². The highest BCUT2D eigenvalue weighted by Gasteiger charge is 2.23. The van der Waals surface area contributed by atoms with Crippen LogP contribution in [0.3, 0.4) is 0 Å². The summed E-state index contributed by atoms with van der Waals surface area (Å²) in [5, 5.41) is 9.09. The summed E-state index contributed by atoms with van der Waals surface area (Å²) in [4.78, 5) is 36.7. The fraction of sp³-hybridized carbons (Fsp3) is 0.500. The average molecular weight is 415 g/mol. The Kier molecular flexibility index (Phi) is 7.23. The van der Waals surface area contributed by atoms with E-state index in [0.717, 1.165) is 19.5 Å². The van der Waals surface area contributed by atoms with Gasteiger partial charge in [0.1, 0.15) is 11.6 Å². The quantitative estimate of drug-likeness (QED) is 0.714. The highest BCUT2D eigenvalue weighted by molar-refractivity contribution is 5.96. The molecule has 30 heavy (non-hydrogen) atoms. The molecule has 0 radical (unpaired) electrons. The maximum absolute atomic E-state index is 13.1. The van der Waals surface area contributed by atoms with Crippen LogP contribution >= 0.6 is 0 Å². The lowest BCUT2D eigenvalue weighted by Gasteiger charge is -2.34. The number of β-amino-alcohol motifs (C(OH)–C–C–N with tert-alkyl or cyclic N) is 1. The minimum absolute atomic E-state index is 0.0619. The minimum Gasteiger partial charge on any atom is -0.493 e. The van der Waals surface area contributed by atoms with Crippen molar-refractivity contribution in [3.05, 3.63) is 45.4 Å². The van der Waals surface area contributed by atoms with Gasteiger partial charge in [-0.2, -0.15) is 0 Å². The summed E-state index contributed by atoms with van der Waals surface area (Å²) < 4.78 is 5.85. The van der Waals surface area contributed by atoms with Gasteiger partial charge in [0, 0.05) is 49.5 Å². The maximum Gasteiger partial charge on any atom is 0.254 e. The zero-order chi connectivity index (χ0) is 21.7. The molecule has 0 unspecified atom stereocenters. The number of H-pyrrole nitrogens is 1. The predicted octanol–water partition coefficient (Wildman–Crippen LogP) is 1.59. The third-order valence-corrected chi connectivity index (χ3v) is 5.41. The average Bonchev–Trinajstić information content (AvgIpc) is 2.76. The van der Waals surface area contributed by atoms with Gasteiger partial charge in [-0.15, -0.1) is 0 Å². The minimum atomic E-state index is -0.198. The molecular weight excluding hydrogens is 384 g/mol. The number of piperazine rings is 1. The van der Waals surface area contributed by atoms with Crippen molar-refractivity contribution in [1.82, 2.24) is 19.8 Å². The van der Waals surface area contributed by atoms with Gasteiger partial charge in [-0.1, -0.05) is 6.92 Å². The lowest BCUT2D eigenvalue weighted by molar-refractivity contribution is 0.0615. The number of hydrogen-bond acceptors (Lipinski definition) is 6. The molecule has 3 rings (SSSR count). The largest absolute Gasteiger partial charge is 0.493 e. The van der Waals surface area contributed by atoms with Crippen LogP contribution in [0.2, 0.25) is 0 Å². The fourth-order valence-electron chi connectivity index (χ4n) is 3.46. The molecule has 1 saturated heterocycles. The SMILES string of the molecule is CCCOc1ccc(C(=O)N2CCN(CCO)CC2)cc1-c1nc(C)c(C)c(=O)[nH]1. The van der Waals surface area contributed by atoms with E-state index in [9.17, 15) is 9.59 Å². The Morgan fingerprint density at radius 3 is 2.60 bits per heavy atom. The third kappa shape index (κ3) is 4.88. The second-order valence-corrected chi connectivity index (χ2v) is 7.54. The van der Waals surface area contributed by atoms with Crippen molar-refractivity contribution in [1.29, 1.82) is 0 Å². The van der Waals surface area contributed by atoms with Crippen molar-refractivity contribution in [3.8, 4) is 17.1 Å². The highest BCUT2D eigenvalue weighted by atomic mass is 16.5. The molecule has 162 valence electrons. The maximum atomic E-state index is 13.1. The molecule has 1 aromatic carbocycles. The molecular formula is C22H30N4O4. The summed E-state index contributed by atoms with van der Waals surface area (Å²) >= 11 is 0. The third-order valence-electron chi connectivity index (χ3n) is 5.41. The van der Waals surface area contributed by atoms with E-state index in [1.165, 1.54) is 0 Å². The first-order chi connectivity index (χ1) is 14.4. The predicted molar refractivity (Wildman–Crippen MR) is 115 cm³/mol. The molecule has 1 amide bonds. The number of aliphatic hydroxyl groups excluding tert-OH is 1. The Labute approximate surface area is 176 Å². The van der Waals surface area contributed by atoms with Crippen LogP contribution in [0.1, 0.15) is 35.0 Å². The van der Waals surface area contributed by atoms with Crippen molar-refractivity contribution in [3.63, 3.8) is 0 Å². The van der Waals surface area contributed by atoms with Gasteiger partial charge in [-0.25, -0.2) is 4.98 Å². The number of carbonyl (C=O) groups excluding carboxylic acids is 1. The number of rotatable bonds is 7. The zero-order valence-electron chi connectivity index (χ0n) is 17.9. The molecule has 2 aromatic rings. The van der Waals surface area contributed by atoms with E-state index < -0.39 is 0 Å². The van der Waals surface area contributed by atoms with Crippen LogP contribution in [0.15, 0.2) is 23.0 Å². The van der Waals surface area contributed by atoms with Gasteiger partial charge in [-0.3, -0.25) is 14.5 Å².